The Balaban J connectivity index is 1.17. The third-order valence-electron chi connectivity index (χ3n) is 7.69. The molecule has 188 valence electrons. The molecule has 1 amide bonds. The molecule has 3 fully saturated rings. The fourth-order valence-corrected chi connectivity index (χ4v) is 5.58. The van der Waals surface area contributed by atoms with Gasteiger partial charge in [0.2, 0.25) is 0 Å². The van der Waals surface area contributed by atoms with Gasteiger partial charge in [-0.15, -0.1) is 0 Å². The van der Waals surface area contributed by atoms with Crippen LogP contribution in [0.5, 0.6) is 5.75 Å². The minimum Gasteiger partial charge on any atom is -0.493 e. The molecule has 35 heavy (non-hydrogen) atoms. The molecule has 0 radical (unpaired) electrons. The number of nitrogens with zero attached hydrogens (tertiary/aromatic N) is 2. The average Bonchev–Trinajstić information content (AvgIpc) is 3.44. The number of anilines is 2. The minimum atomic E-state index is -0.646. The van der Waals surface area contributed by atoms with Crippen LogP contribution in [0.3, 0.4) is 0 Å². The Morgan fingerprint density at radius 2 is 1.86 bits per heavy atom. The summed E-state index contributed by atoms with van der Waals surface area (Å²) in [7, 11) is 0. The maximum Gasteiger partial charge on any atom is 0.255 e. The lowest BCUT2D eigenvalue weighted by atomic mass is 9.86. The molecule has 0 bridgehead atoms. The van der Waals surface area contributed by atoms with E-state index in [0.717, 1.165) is 56.3 Å². The first-order valence-corrected chi connectivity index (χ1v) is 13.0. The number of rotatable bonds is 8. The smallest absolute Gasteiger partial charge is 0.255 e. The van der Waals surface area contributed by atoms with Crippen LogP contribution in [0.25, 0.3) is 0 Å². The molecule has 3 aliphatic rings. The molecule has 1 unspecified atom stereocenters. The molecule has 2 aliphatic heterocycles. The van der Waals surface area contributed by atoms with E-state index >= 15 is 0 Å². The number of carbonyl (C=O) groups excluding carboxylic acids is 1. The molecule has 2 N–H and O–H groups in total. The Bertz CT molecular complexity index is 1060. The summed E-state index contributed by atoms with van der Waals surface area (Å²) in [4.78, 5) is 17.7. The third kappa shape index (κ3) is 5.99. The van der Waals surface area contributed by atoms with Gasteiger partial charge in [-0.3, -0.25) is 9.69 Å². The quantitative estimate of drug-likeness (QED) is 0.577. The zero-order valence-corrected chi connectivity index (χ0v) is 21.3. The van der Waals surface area contributed by atoms with Gasteiger partial charge in [-0.25, -0.2) is 0 Å². The van der Waals surface area contributed by atoms with Crippen LogP contribution < -0.4 is 15.0 Å². The van der Waals surface area contributed by atoms with Crippen LogP contribution in [-0.4, -0.2) is 60.8 Å². The molecule has 6 heteroatoms. The molecule has 2 saturated heterocycles. The van der Waals surface area contributed by atoms with Crippen LogP contribution in [0.4, 0.5) is 11.4 Å². The molecule has 1 aliphatic carbocycles. The number of amides is 1. The molecule has 5 rings (SSSR count). The summed E-state index contributed by atoms with van der Waals surface area (Å²) in [5, 5.41) is 13.3. The van der Waals surface area contributed by atoms with Gasteiger partial charge in [-0.2, -0.15) is 0 Å². The van der Waals surface area contributed by atoms with Crippen LogP contribution in [0, 0.1) is 18.3 Å². The van der Waals surface area contributed by atoms with E-state index in [4.69, 9.17) is 4.74 Å². The Morgan fingerprint density at radius 1 is 1.11 bits per heavy atom. The summed E-state index contributed by atoms with van der Waals surface area (Å²) < 4.78 is 5.78. The standard InChI is InChI=1S/C29H39N3O3/c1-21-16-24(32-15-13-29(20-32)12-14-31(19-29)18-28(2,3)34)8-11-26(21)30-27(33)23-6-9-25(10-7-23)35-17-22-4-5-22/h6-11,16,22,34H,4-5,12-15,17-20H2,1-3H3,(H,30,33). The van der Waals surface area contributed by atoms with Crippen molar-refractivity contribution in [3.63, 3.8) is 0 Å². The third-order valence-corrected chi connectivity index (χ3v) is 7.69. The molecule has 1 saturated carbocycles. The van der Waals surface area contributed by atoms with Gasteiger partial charge >= 0.3 is 0 Å². The summed E-state index contributed by atoms with van der Waals surface area (Å²) in [5.41, 5.74) is 3.43. The van der Waals surface area contributed by atoms with Gasteiger partial charge in [0.05, 0.1) is 12.2 Å². The monoisotopic (exact) mass is 477 g/mol. The number of hydrogen-bond acceptors (Lipinski definition) is 5. The number of likely N-dealkylation sites (tertiary alicyclic amines) is 1. The average molecular weight is 478 g/mol. The summed E-state index contributed by atoms with van der Waals surface area (Å²) in [6.45, 7) is 11.6. The van der Waals surface area contributed by atoms with E-state index in [2.05, 4.69) is 34.2 Å². The highest BCUT2D eigenvalue weighted by molar-refractivity contribution is 6.04. The van der Waals surface area contributed by atoms with Crippen molar-refractivity contribution in [1.82, 2.24) is 4.90 Å². The summed E-state index contributed by atoms with van der Waals surface area (Å²) >= 11 is 0. The van der Waals surface area contributed by atoms with E-state index in [0.29, 0.717) is 16.9 Å². The molecule has 1 spiro atoms. The van der Waals surface area contributed by atoms with Crippen LogP contribution in [-0.2, 0) is 0 Å². The van der Waals surface area contributed by atoms with Crippen LogP contribution in [0.15, 0.2) is 42.5 Å². The number of carbonyl (C=O) groups is 1. The predicted molar refractivity (Wildman–Crippen MR) is 140 cm³/mol. The van der Waals surface area contributed by atoms with Crippen molar-refractivity contribution < 1.29 is 14.6 Å². The van der Waals surface area contributed by atoms with E-state index in [1.165, 1.54) is 31.4 Å². The topological polar surface area (TPSA) is 65.0 Å². The molecule has 2 aromatic carbocycles. The second kappa shape index (κ2) is 9.47. The lowest BCUT2D eigenvalue weighted by Crippen LogP contribution is -2.39. The number of ether oxygens (including phenoxy) is 1. The number of aliphatic hydroxyl groups is 1. The first kappa shape index (κ1) is 24.1. The molecular weight excluding hydrogens is 438 g/mol. The van der Waals surface area contributed by atoms with Gasteiger partial charge in [-0.05, 0) is 107 Å². The zero-order chi connectivity index (χ0) is 24.6. The molecular formula is C29H39N3O3. The fourth-order valence-electron chi connectivity index (χ4n) is 5.58. The van der Waals surface area contributed by atoms with Crippen LogP contribution >= 0.6 is 0 Å². The number of hydrogen-bond donors (Lipinski definition) is 2. The Hall–Kier alpha value is -2.57. The Labute approximate surface area is 209 Å². The predicted octanol–water partition coefficient (Wildman–Crippen LogP) is 4.71. The summed E-state index contributed by atoms with van der Waals surface area (Å²) in [5.74, 6) is 1.43. The van der Waals surface area contributed by atoms with Gasteiger partial charge in [0, 0.05) is 48.5 Å². The maximum atomic E-state index is 12.8. The van der Waals surface area contributed by atoms with Crippen molar-refractivity contribution in [3.05, 3.63) is 53.6 Å². The van der Waals surface area contributed by atoms with Crippen molar-refractivity contribution >= 4 is 17.3 Å². The number of β-amino-alcohol motifs (C(OH)–C–C–N with tert-alkyl or cyclic N) is 1. The van der Waals surface area contributed by atoms with E-state index in [1.807, 2.05) is 44.2 Å². The van der Waals surface area contributed by atoms with Crippen molar-refractivity contribution in [2.24, 2.45) is 11.3 Å². The highest BCUT2D eigenvalue weighted by Gasteiger charge is 2.44. The number of aryl methyl sites for hydroxylation is 1. The molecule has 6 nitrogen and oxygen atoms in total. The van der Waals surface area contributed by atoms with E-state index in [1.54, 1.807) is 0 Å². The van der Waals surface area contributed by atoms with Crippen LogP contribution in [0.1, 0.15) is 55.5 Å². The maximum absolute atomic E-state index is 12.8. The van der Waals surface area contributed by atoms with Crippen molar-refractivity contribution in [2.45, 2.75) is 52.1 Å². The van der Waals surface area contributed by atoms with Gasteiger partial charge < -0.3 is 20.1 Å². The molecule has 1 atom stereocenters. The number of benzene rings is 2. The normalized spacial score (nSPS) is 22.7. The van der Waals surface area contributed by atoms with Gasteiger partial charge in [-0.1, -0.05) is 0 Å². The van der Waals surface area contributed by atoms with Gasteiger partial charge in [0.15, 0.2) is 0 Å². The van der Waals surface area contributed by atoms with E-state index in [9.17, 15) is 9.90 Å². The number of nitrogens with one attached hydrogen (secondary N) is 1. The Morgan fingerprint density at radius 3 is 2.54 bits per heavy atom. The van der Waals surface area contributed by atoms with Gasteiger partial charge in [0.1, 0.15) is 5.75 Å². The molecule has 0 aromatic heterocycles. The molecule has 2 aromatic rings. The Kier molecular flexibility index (Phi) is 6.53. The minimum absolute atomic E-state index is 0.104. The zero-order valence-electron chi connectivity index (χ0n) is 21.3. The first-order chi connectivity index (χ1) is 16.7. The molecule has 2 heterocycles. The van der Waals surface area contributed by atoms with E-state index < -0.39 is 5.60 Å². The lowest BCUT2D eigenvalue weighted by Gasteiger charge is -2.28. The first-order valence-electron chi connectivity index (χ1n) is 13.0. The van der Waals surface area contributed by atoms with Crippen LogP contribution in [0.2, 0.25) is 0 Å². The highest BCUT2D eigenvalue weighted by atomic mass is 16.5. The SMILES string of the molecule is Cc1cc(N2CCC3(CCN(CC(C)(C)O)C3)C2)ccc1NC(=O)c1ccc(OCC2CC2)cc1. The second-order valence-electron chi connectivity index (χ2n) is 11.7. The lowest BCUT2D eigenvalue weighted by molar-refractivity contribution is 0.0408. The second-order valence-corrected chi connectivity index (χ2v) is 11.7. The summed E-state index contributed by atoms with van der Waals surface area (Å²) in [6, 6.07) is 13.7. The van der Waals surface area contributed by atoms with Crippen molar-refractivity contribution in [2.75, 3.05) is 49.5 Å². The van der Waals surface area contributed by atoms with Crippen molar-refractivity contribution in [3.8, 4) is 5.75 Å². The fraction of sp³-hybridized carbons (Fsp3) is 0.552. The van der Waals surface area contributed by atoms with Crippen molar-refractivity contribution in [1.29, 1.82) is 0 Å². The highest BCUT2D eigenvalue weighted by Crippen LogP contribution is 2.42. The van der Waals surface area contributed by atoms with Gasteiger partial charge in [0.25, 0.3) is 5.91 Å². The summed E-state index contributed by atoms with van der Waals surface area (Å²) in [6.07, 6.45) is 4.91. The largest absolute Gasteiger partial charge is 0.493 e. The van der Waals surface area contributed by atoms with E-state index in [-0.39, 0.29) is 5.91 Å².